The average Bonchev–Trinajstić information content (AvgIpc) is 3.55. The lowest BCUT2D eigenvalue weighted by molar-refractivity contribution is 0.0963. The number of thiophene rings is 1. The van der Waals surface area contributed by atoms with Gasteiger partial charge in [0.15, 0.2) is 0 Å². The zero-order valence-corrected chi connectivity index (χ0v) is 18.6. The van der Waals surface area contributed by atoms with Gasteiger partial charge in [-0.25, -0.2) is 9.97 Å². The van der Waals surface area contributed by atoms with Gasteiger partial charge < -0.3 is 10.1 Å². The second-order valence-corrected chi connectivity index (χ2v) is 10.2. The van der Waals surface area contributed by atoms with Gasteiger partial charge in [0.25, 0.3) is 0 Å². The fraction of sp³-hybridized carbons (Fsp3) is 0.391. The number of pyridine rings is 1. The van der Waals surface area contributed by atoms with Crippen molar-refractivity contribution >= 4 is 54.5 Å². The number of anilines is 2. The molecule has 2 saturated heterocycles. The van der Waals surface area contributed by atoms with Crippen molar-refractivity contribution in [2.75, 3.05) is 31.6 Å². The molecule has 1 aromatic carbocycles. The van der Waals surface area contributed by atoms with Gasteiger partial charge in [-0.3, -0.25) is 4.90 Å². The molecule has 0 aliphatic carbocycles. The number of nitrogens with one attached hydrogen (secondary N) is 1. The highest BCUT2D eigenvalue weighted by Gasteiger charge is 2.51. The Balaban J connectivity index is 1.37. The molecule has 2 atom stereocenters. The molecule has 3 aromatic heterocycles. The lowest BCUT2D eigenvalue weighted by Crippen LogP contribution is -2.47. The number of ether oxygens (including phenoxy) is 1. The van der Waals surface area contributed by atoms with Gasteiger partial charge in [0.05, 0.1) is 33.6 Å². The van der Waals surface area contributed by atoms with Crippen LogP contribution in [-0.2, 0) is 4.74 Å². The maximum Gasteiger partial charge on any atom is 0.125 e. The number of fused-ring (bicyclic) bond motifs is 2. The summed E-state index contributed by atoms with van der Waals surface area (Å²) in [5, 5.41) is 4.82. The van der Waals surface area contributed by atoms with E-state index >= 15 is 0 Å². The van der Waals surface area contributed by atoms with Crippen molar-refractivity contribution < 1.29 is 4.74 Å². The van der Waals surface area contributed by atoms with E-state index in [1.807, 2.05) is 23.0 Å². The molecule has 5 nitrogen and oxygen atoms in total. The van der Waals surface area contributed by atoms with Crippen molar-refractivity contribution in [2.45, 2.75) is 31.2 Å². The Labute approximate surface area is 183 Å². The maximum absolute atomic E-state index is 5.90. The zero-order chi connectivity index (χ0) is 20.1. The minimum absolute atomic E-state index is 0.166. The topological polar surface area (TPSA) is 50.3 Å². The predicted octanol–water partition coefficient (Wildman–Crippen LogP) is 5.62. The third-order valence-electron chi connectivity index (χ3n) is 6.79. The quantitative estimate of drug-likeness (QED) is 0.450. The summed E-state index contributed by atoms with van der Waals surface area (Å²) in [6, 6.07) is 10.8. The summed E-state index contributed by atoms with van der Waals surface area (Å²) in [6.45, 7) is 6.25. The molecule has 2 fully saturated rings. The summed E-state index contributed by atoms with van der Waals surface area (Å²) in [4.78, 5) is 14.3. The van der Waals surface area contributed by atoms with Gasteiger partial charge in [-0.15, -0.1) is 22.7 Å². The predicted molar refractivity (Wildman–Crippen MR) is 125 cm³/mol. The van der Waals surface area contributed by atoms with Crippen LogP contribution in [0, 0.1) is 0 Å². The van der Waals surface area contributed by atoms with Gasteiger partial charge in [0, 0.05) is 34.7 Å². The number of benzene rings is 1. The van der Waals surface area contributed by atoms with Crippen molar-refractivity contribution in [1.82, 2.24) is 14.9 Å². The SMILES string of the molecule is CCN1CC[C@H](c2cc3c(Nc4ccc5scnc5c4)ccnc3s2)[C@]12CCOC2. The largest absolute Gasteiger partial charge is 0.379 e. The molecule has 6 rings (SSSR count). The molecule has 0 radical (unpaired) electrons. The van der Waals surface area contributed by atoms with E-state index in [0.717, 1.165) is 54.4 Å². The standard InChI is InChI=1S/C23H24N4OS2/c1-2-27-9-6-17(23(27)7-10-28-13-23)21-12-16-18(5-8-24-22(16)30-21)26-15-3-4-20-19(11-15)25-14-29-20/h3-5,8,11-12,14,17H,2,6-7,9-10,13H2,1H3,(H,24,26)/t17-,23-/m1/s1. The van der Waals surface area contributed by atoms with Crippen LogP contribution in [-0.4, -0.2) is 46.7 Å². The number of rotatable bonds is 4. The Morgan fingerprint density at radius 3 is 3.10 bits per heavy atom. The van der Waals surface area contributed by atoms with Crippen LogP contribution in [0.4, 0.5) is 11.4 Å². The first-order chi connectivity index (χ1) is 14.8. The molecule has 154 valence electrons. The highest BCUT2D eigenvalue weighted by atomic mass is 32.1. The molecule has 0 bridgehead atoms. The number of thiazole rings is 1. The minimum atomic E-state index is 0.166. The van der Waals surface area contributed by atoms with Gasteiger partial charge in [-0.05, 0) is 56.3 Å². The summed E-state index contributed by atoms with van der Waals surface area (Å²) in [5.74, 6) is 0.526. The first-order valence-corrected chi connectivity index (χ1v) is 12.3. The fourth-order valence-corrected chi connectivity index (χ4v) is 7.23. The van der Waals surface area contributed by atoms with Crippen LogP contribution in [0.15, 0.2) is 42.0 Å². The monoisotopic (exact) mass is 436 g/mol. The normalized spacial score (nSPS) is 24.5. The molecule has 7 heteroatoms. The van der Waals surface area contributed by atoms with Crippen LogP contribution in [0.1, 0.15) is 30.6 Å². The van der Waals surface area contributed by atoms with Crippen LogP contribution in [0.2, 0.25) is 0 Å². The Hall–Kier alpha value is -2.06. The van der Waals surface area contributed by atoms with E-state index in [1.54, 1.807) is 11.3 Å². The summed E-state index contributed by atoms with van der Waals surface area (Å²) >= 11 is 3.52. The summed E-state index contributed by atoms with van der Waals surface area (Å²) < 4.78 is 7.11. The fourth-order valence-electron chi connectivity index (χ4n) is 5.30. The lowest BCUT2D eigenvalue weighted by Gasteiger charge is -2.37. The first kappa shape index (κ1) is 18.7. The van der Waals surface area contributed by atoms with E-state index in [9.17, 15) is 0 Å². The van der Waals surface area contributed by atoms with Crippen molar-refractivity contribution in [3.8, 4) is 0 Å². The average molecular weight is 437 g/mol. The molecule has 30 heavy (non-hydrogen) atoms. The van der Waals surface area contributed by atoms with Crippen LogP contribution in [0.25, 0.3) is 20.4 Å². The summed E-state index contributed by atoms with van der Waals surface area (Å²) in [7, 11) is 0. The van der Waals surface area contributed by atoms with E-state index in [-0.39, 0.29) is 5.54 Å². The Bertz CT molecular complexity index is 1210. The maximum atomic E-state index is 5.90. The summed E-state index contributed by atoms with van der Waals surface area (Å²) in [6.07, 6.45) is 4.24. The van der Waals surface area contributed by atoms with Crippen molar-refractivity contribution in [3.05, 3.63) is 46.9 Å². The summed E-state index contributed by atoms with van der Waals surface area (Å²) in [5.41, 5.74) is 5.27. The molecular formula is C23H24N4OS2. The first-order valence-electron chi connectivity index (χ1n) is 10.6. The molecule has 1 N–H and O–H groups in total. The third kappa shape index (κ3) is 2.87. The number of hydrogen-bond donors (Lipinski definition) is 1. The molecule has 2 aliphatic rings. The van der Waals surface area contributed by atoms with Crippen LogP contribution in [0.5, 0.6) is 0 Å². The van der Waals surface area contributed by atoms with Crippen molar-refractivity contribution in [3.63, 3.8) is 0 Å². The molecule has 0 amide bonds. The Morgan fingerprint density at radius 2 is 2.23 bits per heavy atom. The number of nitrogens with zero attached hydrogens (tertiary/aromatic N) is 3. The van der Waals surface area contributed by atoms with Crippen LogP contribution in [0.3, 0.4) is 0 Å². The van der Waals surface area contributed by atoms with Crippen LogP contribution < -0.4 is 5.32 Å². The van der Waals surface area contributed by atoms with E-state index in [2.05, 4.69) is 52.5 Å². The lowest BCUT2D eigenvalue weighted by atomic mass is 9.82. The number of likely N-dealkylation sites (N-methyl/N-ethyl adjacent to an activating group) is 1. The van der Waals surface area contributed by atoms with E-state index in [4.69, 9.17) is 9.72 Å². The Morgan fingerprint density at radius 1 is 1.27 bits per heavy atom. The van der Waals surface area contributed by atoms with Gasteiger partial charge in [0.1, 0.15) is 4.83 Å². The Kier molecular flexibility index (Phi) is 4.53. The second kappa shape index (κ2) is 7.27. The van der Waals surface area contributed by atoms with E-state index in [1.165, 1.54) is 21.4 Å². The molecule has 4 aromatic rings. The van der Waals surface area contributed by atoms with Gasteiger partial charge in [-0.1, -0.05) is 6.92 Å². The number of likely N-dealkylation sites (tertiary alicyclic amines) is 1. The molecular weight excluding hydrogens is 412 g/mol. The molecule has 5 heterocycles. The zero-order valence-electron chi connectivity index (χ0n) is 16.9. The highest BCUT2D eigenvalue weighted by molar-refractivity contribution is 7.18. The third-order valence-corrected chi connectivity index (χ3v) is 8.75. The minimum Gasteiger partial charge on any atom is -0.379 e. The van der Waals surface area contributed by atoms with E-state index in [0.29, 0.717) is 5.92 Å². The van der Waals surface area contributed by atoms with Crippen LogP contribution >= 0.6 is 22.7 Å². The molecule has 0 unspecified atom stereocenters. The van der Waals surface area contributed by atoms with Gasteiger partial charge in [-0.2, -0.15) is 0 Å². The molecule has 2 aliphatic heterocycles. The van der Waals surface area contributed by atoms with E-state index < -0.39 is 0 Å². The highest BCUT2D eigenvalue weighted by Crippen LogP contribution is 2.49. The molecule has 0 saturated carbocycles. The van der Waals surface area contributed by atoms with Crippen molar-refractivity contribution in [1.29, 1.82) is 0 Å². The molecule has 1 spiro atoms. The number of aromatic nitrogens is 2. The van der Waals surface area contributed by atoms with Gasteiger partial charge in [0.2, 0.25) is 0 Å². The van der Waals surface area contributed by atoms with Crippen molar-refractivity contribution in [2.24, 2.45) is 0 Å². The van der Waals surface area contributed by atoms with Gasteiger partial charge >= 0.3 is 0 Å². The number of hydrogen-bond acceptors (Lipinski definition) is 7. The smallest absolute Gasteiger partial charge is 0.125 e. The second-order valence-electron chi connectivity index (χ2n) is 8.21.